The van der Waals surface area contributed by atoms with E-state index in [1.165, 1.54) is 0 Å². The molecule has 1 aliphatic heterocycles. The van der Waals surface area contributed by atoms with E-state index in [0.717, 1.165) is 31.2 Å². The van der Waals surface area contributed by atoms with Crippen molar-refractivity contribution < 1.29 is 8.42 Å². The minimum atomic E-state index is -3.31. The molecule has 0 aliphatic carbocycles. The van der Waals surface area contributed by atoms with E-state index in [9.17, 15) is 8.42 Å². The van der Waals surface area contributed by atoms with Gasteiger partial charge < -0.3 is 0 Å². The molecular weight excluding hydrogens is 264 g/mol. The van der Waals surface area contributed by atoms with Gasteiger partial charge in [0.2, 0.25) is 0 Å². The Morgan fingerprint density at radius 2 is 1.95 bits per heavy atom. The lowest BCUT2D eigenvalue weighted by Gasteiger charge is -2.20. The summed E-state index contributed by atoms with van der Waals surface area (Å²) in [6.45, 7) is 1.70. The van der Waals surface area contributed by atoms with E-state index in [2.05, 4.69) is 9.82 Å². The van der Waals surface area contributed by atoms with E-state index in [4.69, 9.17) is 0 Å². The normalized spacial score (nSPS) is 18.4. The second kappa shape index (κ2) is 6.49. The van der Waals surface area contributed by atoms with Crippen LogP contribution in [0.2, 0.25) is 0 Å². The molecule has 0 bridgehead atoms. The minimum Gasteiger partial charge on any atom is -0.276 e. The average molecular weight is 286 g/mol. The van der Waals surface area contributed by atoms with Crippen molar-refractivity contribution in [3.63, 3.8) is 0 Å². The molecule has 1 fully saturated rings. The Kier molecular flexibility index (Phi) is 4.95. The van der Waals surface area contributed by atoms with Gasteiger partial charge in [0.15, 0.2) is 0 Å². The van der Waals surface area contributed by atoms with Crippen LogP contribution in [-0.2, 0) is 23.7 Å². The van der Waals surface area contributed by atoms with Gasteiger partial charge in [-0.25, -0.2) is 4.72 Å². The average Bonchev–Trinajstić information content (AvgIpc) is 2.64. The van der Waals surface area contributed by atoms with Gasteiger partial charge >= 0.3 is 0 Å². The zero-order valence-electron chi connectivity index (χ0n) is 11.4. The molecule has 1 saturated heterocycles. The van der Waals surface area contributed by atoms with Crippen molar-refractivity contribution in [2.24, 2.45) is 7.05 Å². The van der Waals surface area contributed by atoms with Crippen molar-refractivity contribution in [2.75, 3.05) is 19.6 Å². The first-order chi connectivity index (χ1) is 9.08. The molecule has 2 rings (SSSR count). The molecule has 1 aromatic heterocycles. The van der Waals surface area contributed by atoms with E-state index >= 15 is 0 Å². The maximum absolute atomic E-state index is 12.1. The first-order valence-corrected chi connectivity index (χ1v) is 8.24. The maximum atomic E-state index is 12.1. The van der Waals surface area contributed by atoms with E-state index < -0.39 is 10.2 Å². The molecule has 0 saturated carbocycles. The summed E-state index contributed by atoms with van der Waals surface area (Å²) in [5.74, 6) is 0. The summed E-state index contributed by atoms with van der Waals surface area (Å²) in [6, 6.07) is 0. The lowest BCUT2D eigenvalue weighted by atomic mass is 10.2. The zero-order valence-corrected chi connectivity index (χ0v) is 12.2. The van der Waals surface area contributed by atoms with Gasteiger partial charge in [0.25, 0.3) is 10.2 Å². The van der Waals surface area contributed by atoms with Gasteiger partial charge in [-0.15, -0.1) is 0 Å². The third-order valence-electron chi connectivity index (χ3n) is 3.36. The first-order valence-electron chi connectivity index (χ1n) is 6.80. The third-order valence-corrected chi connectivity index (χ3v) is 4.98. The number of nitrogens with one attached hydrogen (secondary N) is 1. The summed E-state index contributed by atoms with van der Waals surface area (Å²) in [4.78, 5) is 0. The largest absolute Gasteiger partial charge is 0.279 e. The molecule has 2 heterocycles. The fourth-order valence-corrected chi connectivity index (χ4v) is 3.58. The molecule has 0 aromatic carbocycles. The Morgan fingerprint density at radius 1 is 1.26 bits per heavy atom. The van der Waals surface area contributed by atoms with Crippen LogP contribution in [0.1, 0.15) is 31.2 Å². The molecule has 7 heteroatoms. The van der Waals surface area contributed by atoms with Gasteiger partial charge in [-0.2, -0.15) is 17.8 Å². The van der Waals surface area contributed by atoms with E-state index in [1.54, 1.807) is 15.2 Å². The molecule has 1 aliphatic rings. The molecule has 0 radical (unpaired) electrons. The van der Waals surface area contributed by atoms with E-state index in [1.807, 2.05) is 13.2 Å². The summed E-state index contributed by atoms with van der Waals surface area (Å²) in [5, 5.41) is 4.06. The number of aromatic nitrogens is 2. The highest BCUT2D eigenvalue weighted by atomic mass is 32.2. The minimum absolute atomic E-state index is 0.421. The number of hydrogen-bond acceptors (Lipinski definition) is 3. The van der Waals surface area contributed by atoms with Gasteiger partial charge in [0, 0.05) is 32.9 Å². The van der Waals surface area contributed by atoms with E-state index in [0.29, 0.717) is 26.1 Å². The summed E-state index contributed by atoms with van der Waals surface area (Å²) in [7, 11) is -1.46. The van der Waals surface area contributed by atoms with Gasteiger partial charge in [0.1, 0.15) is 0 Å². The van der Waals surface area contributed by atoms with Crippen molar-refractivity contribution in [3.05, 3.63) is 18.0 Å². The van der Waals surface area contributed by atoms with Crippen LogP contribution < -0.4 is 4.72 Å². The van der Waals surface area contributed by atoms with Crippen molar-refractivity contribution in [1.82, 2.24) is 18.8 Å². The summed E-state index contributed by atoms with van der Waals surface area (Å²) < 4.78 is 30.2. The van der Waals surface area contributed by atoms with Crippen LogP contribution in [0.3, 0.4) is 0 Å². The smallest absolute Gasteiger partial charge is 0.276 e. The Balaban J connectivity index is 1.83. The van der Waals surface area contributed by atoms with Gasteiger partial charge in [0.05, 0.1) is 6.20 Å². The van der Waals surface area contributed by atoms with Crippen LogP contribution in [0.15, 0.2) is 12.4 Å². The number of rotatable bonds is 5. The molecule has 108 valence electrons. The van der Waals surface area contributed by atoms with Crippen LogP contribution in [0.25, 0.3) is 0 Å². The van der Waals surface area contributed by atoms with Crippen LogP contribution in [-0.4, -0.2) is 42.1 Å². The molecular formula is C12H22N4O2S. The predicted molar refractivity (Wildman–Crippen MR) is 73.9 cm³/mol. The quantitative estimate of drug-likeness (QED) is 0.865. The highest BCUT2D eigenvalue weighted by molar-refractivity contribution is 7.87. The highest BCUT2D eigenvalue weighted by Gasteiger charge is 2.22. The van der Waals surface area contributed by atoms with E-state index in [-0.39, 0.29) is 0 Å². The molecule has 1 N–H and O–H groups in total. The summed E-state index contributed by atoms with van der Waals surface area (Å²) in [6.07, 6.45) is 8.51. The maximum Gasteiger partial charge on any atom is 0.279 e. The number of aryl methyl sites for hydroxylation is 1. The number of nitrogens with zero attached hydrogens (tertiary/aromatic N) is 3. The van der Waals surface area contributed by atoms with Crippen LogP contribution >= 0.6 is 0 Å². The lowest BCUT2D eigenvalue weighted by Crippen LogP contribution is -2.41. The first kappa shape index (κ1) is 14.5. The Hall–Kier alpha value is -0.920. The molecule has 1 aromatic rings. The monoisotopic (exact) mass is 286 g/mol. The van der Waals surface area contributed by atoms with Crippen LogP contribution in [0.5, 0.6) is 0 Å². The molecule has 0 atom stereocenters. The highest BCUT2D eigenvalue weighted by Crippen LogP contribution is 2.12. The van der Waals surface area contributed by atoms with Crippen molar-refractivity contribution in [2.45, 2.75) is 32.1 Å². The Bertz CT molecular complexity index is 490. The Labute approximate surface area is 115 Å². The van der Waals surface area contributed by atoms with Gasteiger partial charge in [-0.1, -0.05) is 12.8 Å². The zero-order chi connectivity index (χ0) is 13.7. The van der Waals surface area contributed by atoms with Crippen molar-refractivity contribution >= 4 is 10.2 Å². The second-order valence-electron chi connectivity index (χ2n) is 4.98. The fourth-order valence-electron chi connectivity index (χ4n) is 2.30. The molecule has 0 unspecified atom stereocenters. The topological polar surface area (TPSA) is 67.2 Å². The second-order valence-corrected chi connectivity index (χ2v) is 6.74. The number of hydrogen-bond donors (Lipinski definition) is 1. The summed E-state index contributed by atoms with van der Waals surface area (Å²) >= 11 is 0. The Morgan fingerprint density at radius 3 is 2.53 bits per heavy atom. The summed E-state index contributed by atoms with van der Waals surface area (Å²) in [5.41, 5.74) is 1.04. The van der Waals surface area contributed by atoms with Gasteiger partial charge in [-0.05, 0) is 24.8 Å². The molecule has 0 amide bonds. The standard InChI is InChI=1S/C12H22N4O2S/c1-15-11-12(10-13-15)6-7-14-19(17,18)16-8-4-2-3-5-9-16/h10-11,14H,2-9H2,1H3. The SMILES string of the molecule is Cn1cc(CCNS(=O)(=O)N2CCCCCC2)cn1. The van der Waals surface area contributed by atoms with Crippen molar-refractivity contribution in [1.29, 1.82) is 0 Å². The molecule has 6 nitrogen and oxygen atoms in total. The predicted octanol–water partition coefficient (Wildman–Crippen LogP) is 0.673. The van der Waals surface area contributed by atoms with Gasteiger partial charge in [-0.3, -0.25) is 4.68 Å². The van der Waals surface area contributed by atoms with Crippen LogP contribution in [0, 0.1) is 0 Å². The molecule has 0 spiro atoms. The van der Waals surface area contributed by atoms with Crippen LogP contribution in [0.4, 0.5) is 0 Å². The molecule has 19 heavy (non-hydrogen) atoms. The fraction of sp³-hybridized carbons (Fsp3) is 0.750. The lowest BCUT2D eigenvalue weighted by molar-refractivity contribution is 0.415. The third kappa shape index (κ3) is 4.29. The van der Waals surface area contributed by atoms with Crippen molar-refractivity contribution in [3.8, 4) is 0 Å².